The van der Waals surface area contributed by atoms with E-state index in [-0.39, 0.29) is 24.1 Å². The second-order valence-electron chi connectivity index (χ2n) is 4.63. The smallest absolute Gasteiger partial charge is 0.340 e. The zero-order valence-corrected chi connectivity index (χ0v) is 10.8. The first-order chi connectivity index (χ1) is 8.82. The number of carbonyl (C=O) groups excluding carboxylic acids is 1. The van der Waals surface area contributed by atoms with Crippen LogP contribution in [0.4, 0.5) is 10.1 Å². The molecule has 0 saturated carbocycles. The Bertz CT molecular complexity index is 489. The van der Waals surface area contributed by atoms with Gasteiger partial charge in [0.05, 0.1) is 5.69 Å². The van der Waals surface area contributed by atoms with Crippen molar-refractivity contribution in [2.24, 2.45) is 11.7 Å². The molecule has 0 saturated heterocycles. The van der Waals surface area contributed by atoms with Gasteiger partial charge in [0.2, 0.25) is 5.91 Å². The maximum Gasteiger partial charge on any atom is 0.340 e. The molecule has 1 rings (SSSR count). The van der Waals surface area contributed by atoms with Crippen LogP contribution in [0.15, 0.2) is 18.2 Å². The van der Waals surface area contributed by atoms with Gasteiger partial charge in [-0.1, -0.05) is 19.9 Å². The highest BCUT2D eigenvalue weighted by Gasteiger charge is 2.19. The number of nitrogens with one attached hydrogen (secondary N) is 1. The van der Waals surface area contributed by atoms with Gasteiger partial charge in [0.25, 0.3) is 0 Å². The molecule has 4 N–H and O–H groups in total. The Morgan fingerprint density at radius 2 is 2.05 bits per heavy atom. The van der Waals surface area contributed by atoms with Crippen molar-refractivity contribution in [1.29, 1.82) is 0 Å². The van der Waals surface area contributed by atoms with Gasteiger partial charge in [0.1, 0.15) is 11.4 Å². The number of hydrogen-bond acceptors (Lipinski definition) is 3. The number of anilines is 1. The quantitative estimate of drug-likeness (QED) is 0.759. The minimum atomic E-state index is -1.43. The third-order valence-electron chi connectivity index (χ3n) is 2.78. The summed E-state index contributed by atoms with van der Waals surface area (Å²) in [5, 5.41) is 11.3. The van der Waals surface area contributed by atoms with Crippen molar-refractivity contribution in [3.63, 3.8) is 0 Å². The Labute approximate surface area is 110 Å². The van der Waals surface area contributed by atoms with Crippen LogP contribution < -0.4 is 11.1 Å². The number of carbonyl (C=O) groups is 2. The summed E-state index contributed by atoms with van der Waals surface area (Å²) < 4.78 is 13.4. The largest absolute Gasteiger partial charge is 0.478 e. The Kier molecular flexibility index (Phi) is 5.00. The van der Waals surface area contributed by atoms with Crippen molar-refractivity contribution in [3.05, 3.63) is 29.6 Å². The van der Waals surface area contributed by atoms with Crippen molar-refractivity contribution < 1.29 is 19.1 Å². The maximum absolute atomic E-state index is 13.4. The number of carboxylic acid groups (broad SMARTS) is 1. The van der Waals surface area contributed by atoms with Crippen LogP contribution in [0.3, 0.4) is 0 Å². The summed E-state index contributed by atoms with van der Waals surface area (Å²) in [6.07, 6.45) is 0.0488. The molecule has 5 nitrogen and oxygen atoms in total. The molecule has 1 aromatic rings. The van der Waals surface area contributed by atoms with Gasteiger partial charge < -0.3 is 16.2 Å². The molecule has 1 amide bonds. The molecular weight excluding hydrogens is 251 g/mol. The van der Waals surface area contributed by atoms with Gasteiger partial charge in [-0.15, -0.1) is 0 Å². The van der Waals surface area contributed by atoms with E-state index < -0.39 is 23.3 Å². The van der Waals surface area contributed by atoms with Gasteiger partial charge in [-0.05, 0) is 18.1 Å². The average Bonchev–Trinajstić information content (AvgIpc) is 2.27. The number of carboxylic acids is 1. The Hall–Kier alpha value is -1.95. The van der Waals surface area contributed by atoms with E-state index in [0.29, 0.717) is 0 Å². The number of aromatic carboxylic acids is 1. The molecule has 104 valence electrons. The summed E-state index contributed by atoms with van der Waals surface area (Å²) >= 11 is 0. The van der Waals surface area contributed by atoms with Crippen LogP contribution in [-0.2, 0) is 4.79 Å². The standard InChI is InChI=1S/C13H17FN2O3/c1-7(2)9(15)6-11(17)16-10-5-3-4-8(14)12(10)13(18)19/h3-5,7,9H,6,15H2,1-2H3,(H,16,17)(H,18,19). The first kappa shape index (κ1) is 15.1. The first-order valence-electron chi connectivity index (χ1n) is 5.90. The van der Waals surface area contributed by atoms with Gasteiger partial charge in [0, 0.05) is 12.5 Å². The first-order valence-corrected chi connectivity index (χ1v) is 5.90. The molecule has 0 bridgehead atoms. The van der Waals surface area contributed by atoms with Gasteiger partial charge in [-0.3, -0.25) is 4.79 Å². The lowest BCUT2D eigenvalue weighted by molar-refractivity contribution is -0.116. The third-order valence-corrected chi connectivity index (χ3v) is 2.78. The molecule has 1 unspecified atom stereocenters. The lowest BCUT2D eigenvalue weighted by Crippen LogP contribution is -2.31. The van der Waals surface area contributed by atoms with Crippen molar-refractivity contribution >= 4 is 17.6 Å². The zero-order chi connectivity index (χ0) is 14.6. The fourth-order valence-electron chi connectivity index (χ4n) is 1.50. The summed E-state index contributed by atoms with van der Waals surface area (Å²) in [5.74, 6) is -2.63. The highest BCUT2D eigenvalue weighted by molar-refractivity contribution is 6.00. The van der Waals surface area contributed by atoms with Crippen LogP contribution in [0.2, 0.25) is 0 Å². The highest BCUT2D eigenvalue weighted by Crippen LogP contribution is 2.19. The summed E-state index contributed by atoms with van der Waals surface area (Å²) in [5.41, 5.74) is 5.14. The topological polar surface area (TPSA) is 92.4 Å². The summed E-state index contributed by atoms with van der Waals surface area (Å²) in [6.45, 7) is 3.76. The fourth-order valence-corrected chi connectivity index (χ4v) is 1.50. The van der Waals surface area contributed by atoms with Crippen LogP contribution in [0, 0.1) is 11.7 Å². The van der Waals surface area contributed by atoms with E-state index in [1.165, 1.54) is 12.1 Å². The van der Waals surface area contributed by atoms with Crippen LogP contribution in [0.5, 0.6) is 0 Å². The number of halogens is 1. The number of amides is 1. The normalized spacial score (nSPS) is 12.3. The zero-order valence-electron chi connectivity index (χ0n) is 10.8. The fraction of sp³-hybridized carbons (Fsp3) is 0.385. The Morgan fingerprint density at radius 1 is 1.42 bits per heavy atom. The summed E-state index contributed by atoms with van der Waals surface area (Å²) in [6, 6.07) is 3.37. The molecule has 6 heteroatoms. The lowest BCUT2D eigenvalue weighted by Gasteiger charge is -2.15. The predicted molar refractivity (Wildman–Crippen MR) is 69.4 cm³/mol. The summed E-state index contributed by atoms with van der Waals surface area (Å²) in [7, 11) is 0. The molecule has 0 spiro atoms. The minimum absolute atomic E-state index is 0.0488. The van der Waals surface area contributed by atoms with Crippen molar-refractivity contribution in [1.82, 2.24) is 0 Å². The van der Waals surface area contributed by atoms with E-state index in [1.54, 1.807) is 0 Å². The molecule has 0 aliphatic heterocycles. The van der Waals surface area contributed by atoms with Crippen LogP contribution in [0.1, 0.15) is 30.6 Å². The Balaban J connectivity index is 2.86. The second-order valence-corrected chi connectivity index (χ2v) is 4.63. The van der Waals surface area contributed by atoms with Crippen molar-refractivity contribution in [2.75, 3.05) is 5.32 Å². The van der Waals surface area contributed by atoms with Gasteiger partial charge in [-0.2, -0.15) is 0 Å². The maximum atomic E-state index is 13.4. The number of nitrogens with two attached hydrogens (primary N) is 1. The minimum Gasteiger partial charge on any atom is -0.478 e. The van der Waals surface area contributed by atoms with Gasteiger partial charge in [0.15, 0.2) is 0 Å². The van der Waals surface area contributed by atoms with Crippen LogP contribution in [-0.4, -0.2) is 23.0 Å². The molecule has 0 aromatic heterocycles. The van der Waals surface area contributed by atoms with Crippen LogP contribution >= 0.6 is 0 Å². The van der Waals surface area contributed by atoms with E-state index >= 15 is 0 Å². The van der Waals surface area contributed by atoms with Crippen LogP contribution in [0.25, 0.3) is 0 Å². The molecular formula is C13H17FN2O3. The number of rotatable bonds is 5. The molecule has 0 aliphatic carbocycles. The van der Waals surface area contributed by atoms with E-state index in [2.05, 4.69) is 5.32 Å². The molecule has 1 atom stereocenters. The number of benzene rings is 1. The average molecular weight is 268 g/mol. The SMILES string of the molecule is CC(C)C(N)CC(=O)Nc1cccc(F)c1C(=O)O. The molecule has 0 heterocycles. The molecule has 1 aromatic carbocycles. The van der Waals surface area contributed by atoms with E-state index in [0.717, 1.165) is 6.07 Å². The van der Waals surface area contributed by atoms with Gasteiger partial charge >= 0.3 is 5.97 Å². The molecule has 0 aliphatic rings. The number of hydrogen-bond donors (Lipinski definition) is 3. The van der Waals surface area contributed by atoms with Crippen molar-refractivity contribution in [2.45, 2.75) is 26.3 Å². The van der Waals surface area contributed by atoms with E-state index in [4.69, 9.17) is 10.8 Å². The lowest BCUT2D eigenvalue weighted by atomic mass is 10.0. The Morgan fingerprint density at radius 3 is 2.58 bits per heavy atom. The predicted octanol–water partition coefficient (Wildman–Crippen LogP) is 1.84. The van der Waals surface area contributed by atoms with Crippen molar-refractivity contribution in [3.8, 4) is 0 Å². The second kappa shape index (κ2) is 6.29. The molecule has 0 radical (unpaired) electrons. The molecule has 19 heavy (non-hydrogen) atoms. The third kappa shape index (κ3) is 4.03. The molecule has 0 fully saturated rings. The monoisotopic (exact) mass is 268 g/mol. The van der Waals surface area contributed by atoms with E-state index in [9.17, 15) is 14.0 Å². The van der Waals surface area contributed by atoms with E-state index in [1.807, 2.05) is 13.8 Å². The van der Waals surface area contributed by atoms with Gasteiger partial charge in [-0.25, -0.2) is 9.18 Å². The summed E-state index contributed by atoms with van der Waals surface area (Å²) in [4.78, 5) is 22.6. The highest BCUT2D eigenvalue weighted by atomic mass is 19.1.